The van der Waals surface area contributed by atoms with Crippen molar-refractivity contribution < 1.29 is 4.79 Å². The Kier molecular flexibility index (Phi) is 5.27. The molecule has 0 spiro atoms. The molecule has 1 saturated carbocycles. The van der Waals surface area contributed by atoms with E-state index in [0.717, 1.165) is 45.6 Å². The lowest BCUT2D eigenvalue weighted by Crippen LogP contribution is -2.51. The van der Waals surface area contributed by atoms with Crippen LogP contribution in [0.15, 0.2) is 30.3 Å². The molecule has 0 aromatic heterocycles. The number of Topliss-reactive ketones (excluding diaryl/α,β-unsaturated/α-hetero) is 1. The van der Waals surface area contributed by atoms with Gasteiger partial charge in [-0.05, 0) is 31.7 Å². The van der Waals surface area contributed by atoms with Gasteiger partial charge in [-0.3, -0.25) is 14.6 Å². The summed E-state index contributed by atoms with van der Waals surface area (Å²) in [6.45, 7) is 7.44. The molecule has 2 fully saturated rings. The van der Waals surface area contributed by atoms with Crippen LogP contribution in [0.3, 0.4) is 0 Å². The van der Waals surface area contributed by atoms with Crippen molar-refractivity contribution in [1.29, 1.82) is 0 Å². The standard InChI is InChI=1S/C19H28N2O/c1-16(22)18-8-5-9-19(14-18)21-12-10-20(11-13-21)15-17-6-3-2-4-7-17/h2-4,6-7,18-19H,5,8-15H2,1H3/t18-,19+/m1/s1. The van der Waals surface area contributed by atoms with Gasteiger partial charge >= 0.3 is 0 Å². The van der Waals surface area contributed by atoms with E-state index < -0.39 is 0 Å². The van der Waals surface area contributed by atoms with Gasteiger partial charge in [-0.25, -0.2) is 0 Å². The maximum absolute atomic E-state index is 11.7. The summed E-state index contributed by atoms with van der Waals surface area (Å²) in [5, 5.41) is 0. The summed E-state index contributed by atoms with van der Waals surface area (Å²) in [6, 6.07) is 11.4. The van der Waals surface area contributed by atoms with E-state index in [1.165, 1.54) is 18.4 Å². The van der Waals surface area contributed by atoms with Gasteiger partial charge in [-0.15, -0.1) is 0 Å². The molecule has 0 N–H and O–H groups in total. The Balaban J connectivity index is 1.48. The molecule has 22 heavy (non-hydrogen) atoms. The molecule has 0 amide bonds. The summed E-state index contributed by atoms with van der Waals surface area (Å²) in [4.78, 5) is 16.8. The second-order valence-electron chi connectivity index (χ2n) is 6.93. The fourth-order valence-electron chi connectivity index (χ4n) is 3.99. The quantitative estimate of drug-likeness (QED) is 0.854. The highest BCUT2D eigenvalue weighted by atomic mass is 16.1. The van der Waals surface area contributed by atoms with Gasteiger partial charge in [-0.1, -0.05) is 36.8 Å². The molecule has 1 heterocycles. The molecule has 2 aliphatic rings. The van der Waals surface area contributed by atoms with Crippen LogP contribution >= 0.6 is 0 Å². The van der Waals surface area contributed by atoms with Crippen LogP contribution in [0.4, 0.5) is 0 Å². The molecule has 1 aliphatic carbocycles. The fraction of sp³-hybridized carbons (Fsp3) is 0.632. The molecule has 1 saturated heterocycles. The first kappa shape index (κ1) is 15.7. The highest BCUT2D eigenvalue weighted by Crippen LogP contribution is 2.29. The highest BCUT2D eigenvalue weighted by molar-refractivity contribution is 5.78. The maximum atomic E-state index is 11.7. The van der Waals surface area contributed by atoms with E-state index in [2.05, 4.69) is 40.1 Å². The molecule has 1 aliphatic heterocycles. The molecule has 0 radical (unpaired) electrons. The Morgan fingerprint density at radius 3 is 2.50 bits per heavy atom. The summed E-state index contributed by atoms with van der Waals surface area (Å²) in [5.41, 5.74) is 1.41. The lowest BCUT2D eigenvalue weighted by molar-refractivity contribution is -0.122. The zero-order valence-electron chi connectivity index (χ0n) is 13.7. The Labute approximate surface area is 134 Å². The molecule has 3 heteroatoms. The van der Waals surface area contributed by atoms with Crippen molar-refractivity contribution in [3.05, 3.63) is 35.9 Å². The van der Waals surface area contributed by atoms with Gasteiger partial charge in [0.15, 0.2) is 0 Å². The molecular weight excluding hydrogens is 272 g/mol. The number of nitrogens with zero attached hydrogens (tertiary/aromatic N) is 2. The smallest absolute Gasteiger partial charge is 0.132 e. The Morgan fingerprint density at radius 2 is 1.82 bits per heavy atom. The lowest BCUT2D eigenvalue weighted by Gasteiger charge is -2.42. The maximum Gasteiger partial charge on any atom is 0.132 e. The van der Waals surface area contributed by atoms with Crippen LogP contribution in [-0.4, -0.2) is 47.8 Å². The summed E-state index contributed by atoms with van der Waals surface area (Å²) in [6.07, 6.45) is 4.70. The zero-order valence-corrected chi connectivity index (χ0v) is 13.7. The van der Waals surface area contributed by atoms with Crippen LogP contribution in [0.1, 0.15) is 38.2 Å². The molecule has 120 valence electrons. The molecule has 1 aromatic carbocycles. The summed E-state index contributed by atoms with van der Waals surface area (Å²) in [7, 11) is 0. The number of benzene rings is 1. The number of piperazine rings is 1. The van der Waals surface area contributed by atoms with Gasteiger partial charge in [0.1, 0.15) is 5.78 Å². The van der Waals surface area contributed by atoms with Crippen LogP contribution in [0.2, 0.25) is 0 Å². The van der Waals surface area contributed by atoms with Crippen molar-refractivity contribution in [2.75, 3.05) is 26.2 Å². The number of carbonyl (C=O) groups is 1. The van der Waals surface area contributed by atoms with E-state index in [9.17, 15) is 4.79 Å². The second-order valence-corrected chi connectivity index (χ2v) is 6.93. The molecule has 2 atom stereocenters. The molecular formula is C19H28N2O. The van der Waals surface area contributed by atoms with Gasteiger partial charge < -0.3 is 0 Å². The summed E-state index contributed by atoms with van der Waals surface area (Å²) < 4.78 is 0. The average Bonchev–Trinajstić information content (AvgIpc) is 2.56. The molecule has 1 aromatic rings. The SMILES string of the molecule is CC(=O)[C@@H]1CCC[C@H](N2CCN(Cc3ccccc3)CC2)C1. The van der Waals surface area contributed by atoms with Crippen LogP contribution in [0.25, 0.3) is 0 Å². The van der Waals surface area contributed by atoms with Crippen molar-refractivity contribution >= 4 is 5.78 Å². The minimum absolute atomic E-state index is 0.320. The minimum Gasteiger partial charge on any atom is -0.300 e. The first-order chi connectivity index (χ1) is 10.7. The predicted molar refractivity (Wildman–Crippen MR) is 89.7 cm³/mol. The van der Waals surface area contributed by atoms with Crippen molar-refractivity contribution in [2.45, 2.75) is 45.2 Å². The number of hydrogen-bond donors (Lipinski definition) is 0. The largest absolute Gasteiger partial charge is 0.300 e. The van der Waals surface area contributed by atoms with Gasteiger partial charge in [0.25, 0.3) is 0 Å². The van der Waals surface area contributed by atoms with Crippen molar-refractivity contribution in [2.24, 2.45) is 5.92 Å². The van der Waals surface area contributed by atoms with Gasteiger partial charge in [0, 0.05) is 44.7 Å². The van der Waals surface area contributed by atoms with E-state index in [1.54, 1.807) is 6.92 Å². The Bertz CT molecular complexity index is 479. The van der Waals surface area contributed by atoms with Gasteiger partial charge in [0.05, 0.1) is 0 Å². The van der Waals surface area contributed by atoms with E-state index in [0.29, 0.717) is 17.7 Å². The number of rotatable bonds is 4. The predicted octanol–water partition coefficient (Wildman–Crippen LogP) is 2.95. The van der Waals surface area contributed by atoms with Gasteiger partial charge in [0.2, 0.25) is 0 Å². The summed E-state index contributed by atoms with van der Waals surface area (Å²) >= 11 is 0. The highest BCUT2D eigenvalue weighted by Gasteiger charge is 2.30. The molecule has 0 bridgehead atoms. The molecule has 3 nitrogen and oxygen atoms in total. The van der Waals surface area contributed by atoms with E-state index in [-0.39, 0.29) is 0 Å². The van der Waals surface area contributed by atoms with Crippen LogP contribution in [-0.2, 0) is 11.3 Å². The number of hydrogen-bond acceptors (Lipinski definition) is 3. The first-order valence-electron chi connectivity index (χ1n) is 8.73. The monoisotopic (exact) mass is 300 g/mol. The third-order valence-corrected chi connectivity index (χ3v) is 5.39. The lowest BCUT2D eigenvalue weighted by atomic mass is 9.82. The number of ketones is 1. The van der Waals surface area contributed by atoms with E-state index in [1.807, 2.05) is 0 Å². The van der Waals surface area contributed by atoms with Crippen molar-refractivity contribution in [3.8, 4) is 0 Å². The average molecular weight is 300 g/mol. The molecule has 3 rings (SSSR count). The fourth-order valence-corrected chi connectivity index (χ4v) is 3.99. The van der Waals surface area contributed by atoms with Crippen LogP contribution in [0, 0.1) is 5.92 Å². The van der Waals surface area contributed by atoms with Crippen molar-refractivity contribution in [1.82, 2.24) is 9.80 Å². The normalized spacial score (nSPS) is 27.7. The van der Waals surface area contributed by atoms with Gasteiger partial charge in [-0.2, -0.15) is 0 Å². The number of carbonyl (C=O) groups excluding carboxylic acids is 1. The third kappa shape index (κ3) is 3.96. The van der Waals surface area contributed by atoms with Crippen molar-refractivity contribution in [3.63, 3.8) is 0 Å². The topological polar surface area (TPSA) is 23.6 Å². The van der Waals surface area contributed by atoms with E-state index >= 15 is 0 Å². The van der Waals surface area contributed by atoms with Crippen LogP contribution in [0.5, 0.6) is 0 Å². The minimum atomic E-state index is 0.320. The Morgan fingerprint density at radius 1 is 1.09 bits per heavy atom. The zero-order chi connectivity index (χ0) is 15.4. The van der Waals surface area contributed by atoms with Crippen LogP contribution < -0.4 is 0 Å². The van der Waals surface area contributed by atoms with E-state index in [4.69, 9.17) is 0 Å². The Hall–Kier alpha value is -1.19. The molecule has 0 unspecified atom stereocenters. The second kappa shape index (κ2) is 7.38. The third-order valence-electron chi connectivity index (χ3n) is 5.39. The first-order valence-corrected chi connectivity index (χ1v) is 8.73. The summed E-state index contributed by atoms with van der Waals surface area (Å²) in [5.74, 6) is 0.716.